The van der Waals surface area contributed by atoms with E-state index in [1.54, 1.807) is 37.3 Å². The van der Waals surface area contributed by atoms with E-state index in [1.807, 2.05) is 6.92 Å². The van der Waals surface area contributed by atoms with Gasteiger partial charge in [-0.15, -0.1) is 0 Å². The highest BCUT2D eigenvalue weighted by molar-refractivity contribution is 6.31. The molecule has 0 spiro atoms. The molecule has 0 aliphatic carbocycles. The number of carbonyl (C=O) groups excluding carboxylic acids is 2. The Morgan fingerprint density at radius 2 is 1.70 bits per heavy atom. The molecule has 2 aromatic carbocycles. The highest BCUT2D eigenvalue weighted by Crippen LogP contribution is 2.26. The van der Waals surface area contributed by atoms with Gasteiger partial charge in [-0.05, 0) is 54.8 Å². The summed E-state index contributed by atoms with van der Waals surface area (Å²) in [6.07, 6.45) is 2.73. The lowest BCUT2D eigenvalue weighted by atomic mass is 9.88. The third-order valence-corrected chi connectivity index (χ3v) is 4.32. The Kier molecular flexibility index (Phi) is 7.74. The van der Waals surface area contributed by atoms with Crippen LogP contribution in [0.4, 0.5) is 4.39 Å². The first-order valence-electron chi connectivity index (χ1n) is 8.90. The SMILES string of the molecule is CCCC(C(=O)OCC)C(=O)/C(=C/c1ccc(Cl)cc1)c1ccc(F)cc1. The minimum absolute atomic E-state index is 0.207. The zero-order valence-electron chi connectivity index (χ0n) is 15.4. The number of halogens is 2. The van der Waals surface area contributed by atoms with E-state index in [9.17, 15) is 14.0 Å². The zero-order valence-corrected chi connectivity index (χ0v) is 16.1. The Morgan fingerprint density at radius 1 is 1.07 bits per heavy atom. The van der Waals surface area contributed by atoms with Gasteiger partial charge in [0.05, 0.1) is 6.61 Å². The molecule has 0 bridgehead atoms. The normalized spacial score (nSPS) is 12.5. The second-order valence-electron chi connectivity index (χ2n) is 6.07. The third kappa shape index (κ3) is 5.76. The van der Waals surface area contributed by atoms with Gasteiger partial charge < -0.3 is 4.74 Å². The van der Waals surface area contributed by atoms with Gasteiger partial charge in [0, 0.05) is 10.6 Å². The minimum Gasteiger partial charge on any atom is -0.465 e. The molecule has 1 atom stereocenters. The number of esters is 1. The predicted octanol–water partition coefficient (Wildman–Crippen LogP) is 5.57. The van der Waals surface area contributed by atoms with Crippen molar-refractivity contribution in [3.63, 3.8) is 0 Å². The van der Waals surface area contributed by atoms with E-state index in [4.69, 9.17) is 16.3 Å². The lowest BCUT2D eigenvalue weighted by Gasteiger charge is -2.16. The Hall–Kier alpha value is -2.46. The summed E-state index contributed by atoms with van der Waals surface area (Å²) in [5.41, 5.74) is 1.64. The van der Waals surface area contributed by atoms with Crippen LogP contribution in [0.25, 0.3) is 11.6 Å². The molecule has 0 saturated carbocycles. The fourth-order valence-electron chi connectivity index (χ4n) is 2.73. The molecule has 1 unspecified atom stereocenters. The number of hydrogen-bond donors (Lipinski definition) is 0. The molecule has 2 rings (SSSR count). The Bertz CT molecular complexity index is 810. The highest BCUT2D eigenvalue weighted by atomic mass is 35.5. The van der Waals surface area contributed by atoms with Crippen molar-refractivity contribution in [1.82, 2.24) is 0 Å². The zero-order chi connectivity index (χ0) is 19.8. The van der Waals surface area contributed by atoms with Crippen molar-refractivity contribution >= 4 is 35.0 Å². The summed E-state index contributed by atoms with van der Waals surface area (Å²) in [6, 6.07) is 12.6. The van der Waals surface area contributed by atoms with Crippen molar-refractivity contribution < 1.29 is 18.7 Å². The van der Waals surface area contributed by atoms with Crippen LogP contribution in [-0.2, 0) is 14.3 Å². The molecule has 0 aliphatic heterocycles. The molecule has 27 heavy (non-hydrogen) atoms. The van der Waals surface area contributed by atoms with Crippen LogP contribution < -0.4 is 0 Å². The smallest absolute Gasteiger partial charge is 0.316 e. The van der Waals surface area contributed by atoms with Crippen molar-refractivity contribution in [1.29, 1.82) is 0 Å². The molecular formula is C22H22ClFO3. The van der Waals surface area contributed by atoms with Crippen molar-refractivity contribution in [2.24, 2.45) is 5.92 Å². The molecule has 0 N–H and O–H groups in total. The number of ether oxygens (including phenoxy) is 1. The Balaban J connectivity index is 2.49. The molecule has 0 aromatic heterocycles. The van der Waals surface area contributed by atoms with E-state index in [0.29, 0.717) is 29.0 Å². The number of ketones is 1. The third-order valence-electron chi connectivity index (χ3n) is 4.07. The van der Waals surface area contributed by atoms with Gasteiger partial charge in [0.2, 0.25) is 0 Å². The van der Waals surface area contributed by atoms with Crippen LogP contribution in [0.5, 0.6) is 0 Å². The summed E-state index contributed by atoms with van der Waals surface area (Å²) in [7, 11) is 0. The van der Waals surface area contributed by atoms with E-state index in [0.717, 1.165) is 5.56 Å². The first-order valence-corrected chi connectivity index (χ1v) is 9.28. The maximum absolute atomic E-state index is 13.3. The Labute approximate surface area is 163 Å². The maximum Gasteiger partial charge on any atom is 0.316 e. The maximum atomic E-state index is 13.3. The highest BCUT2D eigenvalue weighted by Gasteiger charge is 2.30. The monoisotopic (exact) mass is 388 g/mol. The first-order chi connectivity index (χ1) is 13.0. The number of rotatable bonds is 8. The second kappa shape index (κ2) is 10.0. The van der Waals surface area contributed by atoms with Gasteiger partial charge in [0.15, 0.2) is 5.78 Å². The quantitative estimate of drug-likeness (QED) is 0.257. The molecule has 0 heterocycles. The van der Waals surface area contributed by atoms with Gasteiger partial charge >= 0.3 is 5.97 Å². The van der Waals surface area contributed by atoms with Gasteiger partial charge in [0.25, 0.3) is 0 Å². The standard InChI is InChI=1S/C22H22ClFO3/c1-3-5-19(22(26)27-4-2)21(25)20(16-8-12-18(24)13-9-16)14-15-6-10-17(23)11-7-15/h6-14,19H,3-5H2,1-2H3/b20-14+. The molecule has 0 radical (unpaired) electrons. The lowest BCUT2D eigenvalue weighted by molar-refractivity contribution is -0.150. The number of allylic oxidation sites excluding steroid dienone is 1. The lowest BCUT2D eigenvalue weighted by Crippen LogP contribution is -2.27. The summed E-state index contributed by atoms with van der Waals surface area (Å²) in [5, 5.41) is 0.581. The number of hydrogen-bond acceptors (Lipinski definition) is 3. The second-order valence-corrected chi connectivity index (χ2v) is 6.51. The molecule has 0 amide bonds. The summed E-state index contributed by atoms with van der Waals surface area (Å²) >= 11 is 5.92. The molecule has 0 saturated heterocycles. The average Bonchev–Trinajstić information content (AvgIpc) is 2.66. The Morgan fingerprint density at radius 3 is 2.26 bits per heavy atom. The van der Waals surface area contributed by atoms with Crippen LogP contribution in [0.3, 0.4) is 0 Å². The predicted molar refractivity (Wildman–Crippen MR) is 106 cm³/mol. The molecule has 0 fully saturated rings. The van der Waals surface area contributed by atoms with Gasteiger partial charge in [-0.1, -0.05) is 49.2 Å². The van der Waals surface area contributed by atoms with E-state index in [1.165, 1.54) is 24.3 Å². The molecule has 5 heteroatoms. The van der Waals surface area contributed by atoms with Gasteiger partial charge in [-0.3, -0.25) is 9.59 Å². The largest absolute Gasteiger partial charge is 0.465 e. The van der Waals surface area contributed by atoms with Gasteiger partial charge in [0.1, 0.15) is 11.7 Å². The average molecular weight is 389 g/mol. The van der Waals surface area contributed by atoms with Gasteiger partial charge in [-0.2, -0.15) is 0 Å². The van der Waals surface area contributed by atoms with Crippen LogP contribution in [0.2, 0.25) is 5.02 Å². The summed E-state index contributed by atoms with van der Waals surface area (Å²) in [5.74, 6) is -2.16. The van der Waals surface area contributed by atoms with Gasteiger partial charge in [-0.25, -0.2) is 4.39 Å². The fraction of sp³-hybridized carbons (Fsp3) is 0.273. The summed E-state index contributed by atoms with van der Waals surface area (Å²) in [6.45, 7) is 3.81. The number of Topliss-reactive ketones (excluding diaryl/α,β-unsaturated/α-hetero) is 1. The minimum atomic E-state index is -0.890. The topological polar surface area (TPSA) is 43.4 Å². The van der Waals surface area contributed by atoms with Crippen LogP contribution in [0.1, 0.15) is 37.8 Å². The molecular weight excluding hydrogens is 367 g/mol. The van der Waals surface area contributed by atoms with E-state index >= 15 is 0 Å². The molecule has 3 nitrogen and oxygen atoms in total. The summed E-state index contributed by atoms with van der Waals surface area (Å²) < 4.78 is 18.4. The van der Waals surface area contributed by atoms with E-state index < -0.39 is 17.7 Å². The van der Waals surface area contributed by atoms with Crippen LogP contribution in [0, 0.1) is 11.7 Å². The van der Waals surface area contributed by atoms with Crippen LogP contribution in [0.15, 0.2) is 48.5 Å². The molecule has 2 aromatic rings. The first kappa shape index (κ1) is 20.8. The van der Waals surface area contributed by atoms with E-state index in [-0.39, 0.29) is 12.4 Å². The van der Waals surface area contributed by atoms with Crippen molar-refractivity contribution in [2.45, 2.75) is 26.7 Å². The van der Waals surface area contributed by atoms with E-state index in [2.05, 4.69) is 0 Å². The molecule has 142 valence electrons. The van der Waals surface area contributed by atoms with Crippen molar-refractivity contribution in [3.8, 4) is 0 Å². The summed E-state index contributed by atoms with van der Waals surface area (Å²) in [4.78, 5) is 25.5. The number of carbonyl (C=O) groups is 2. The van der Waals surface area contributed by atoms with Crippen LogP contribution >= 0.6 is 11.6 Å². The molecule has 0 aliphatic rings. The fourth-order valence-corrected chi connectivity index (χ4v) is 2.85. The van der Waals surface area contributed by atoms with Crippen LogP contribution in [-0.4, -0.2) is 18.4 Å². The van der Waals surface area contributed by atoms with Crippen molar-refractivity contribution in [2.75, 3.05) is 6.61 Å². The van der Waals surface area contributed by atoms with Crippen molar-refractivity contribution in [3.05, 3.63) is 70.5 Å². The number of benzene rings is 2.